The van der Waals surface area contributed by atoms with E-state index in [1.165, 1.54) is 0 Å². The summed E-state index contributed by atoms with van der Waals surface area (Å²) < 4.78 is 16.2. The number of nitrogen functional groups attached to an aromatic ring is 1. The first-order valence-electron chi connectivity index (χ1n) is 5.35. The van der Waals surface area contributed by atoms with Gasteiger partial charge in [-0.05, 0) is 18.2 Å². The highest BCUT2D eigenvalue weighted by Crippen LogP contribution is 2.39. The standard InChI is InChI=1S/C13H14N2O3/c1-16-10-4-3-5-11(17-2)13(10)18-9-6-7-15-12(14)8-9/h3-8H,1-2H3,(H2,14,15). The van der Waals surface area contributed by atoms with E-state index in [2.05, 4.69) is 4.98 Å². The van der Waals surface area contributed by atoms with Crippen molar-refractivity contribution in [3.63, 3.8) is 0 Å². The molecule has 0 fully saturated rings. The van der Waals surface area contributed by atoms with Crippen LogP contribution in [0.1, 0.15) is 0 Å². The zero-order chi connectivity index (χ0) is 13.0. The number of para-hydroxylation sites is 1. The molecule has 5 heteroatoms. The Hall–Kier alpha value is -2.43. The highest BCUT2D eigenvalue weighted by Gasteiger charge is 2.12. The fourth-order valence-corrected chi connectivity index (χ4v) is 1.53. The molecule has 0 aliphatic carbocycles. The van der Waals surface area contributed by atoms with E-state index in [0.29, 0.717) is 28.8 Å². The predicted octanol–water partition coefficient (Wildman–Crippen LogP) is 2.47. The lowest BCUT2D eigenvalue weighted by Crippen LogP contribution is -1.95. The van der Waals surface area contributed by atoms with E-state index in [9.17, 15) is 0 Å². The second kappa shape index (κ2) is 5.27. The van der Waals surface area contributed by atoms with Gasteiger partial charge in [0.15, 0.2) is 11.5 Å². The van der Waals surface area contributed by atoms with E-state index in [1.807, 2.05) is 6.07 Å². The molecule has 18 heavy (non-hydrogen) atoms. The van der Waals surface area contributed by atoms with Crippen molar-refractivity contribution in [3.05, 3.63) is 36.5 Å². The second-order valence-corrected chi connectivity index (χ2v) is 3.51. The van der Waals surface area contributed by atoms with Gasteiger partial charge >= 0.3 is 0 Å². The number of nitrogens with two attached hydrogens (primary N) is 1. The van der Waals surface area contributed by atoms with E-state index < -0.39 is 0 Å². The van der Waals surface area contributed by atoms with E-state index in [4.69, 9.17) is 19.9 Å². The summed E-state index contributed by atoms with van der Waals surface area (Å²) in [5.74, 6) is 2.65. The van der Waals surface area contributed by atoms with Crippen molar-refractivity contribution >= 4 is 5.82 Å². The van der Waals surface area contributed by atoms with Gasteiger partial charge in [-0.25, -0.2) is 4.98 Å². The van der Waals surface area contributed by atoms with Gasteiger partial charge in [-0.1, -0.05) is 6.07 Å². The molecule has 0 radical (unpaired) electrons. The third-order valence-corrected chi connectivity index (χ3v) is 2.36. The zero-order valence-electron chi connectivity index (χ0n) is 10.2. The third kappa shape index (κ3) is 2.45. The monoisotopic (exact) mass is 246 g/mol. The summed E-state index contributed by atoms with van der Waals surface area (Å²) in [6.07, 6.45) is 1.58. The van der Waals surface area contributed by atoms with Crippen molar-refractivity contribution in [2.24, 2.45) is 0 Å². The number of pyridine rings is 1. The number of ether oxygens (including phenoxy) is 3. The summed E-state index contributed by atoms with van der Waals surface area (Å²) >= 11 is 0. The molecular formula is C13H14N2O3. The molecule has 0 spiro atoms. The minimum Gasteiger partial charge on any atom is -0.493 e. The van der Waals surface area contributed by atoms with Gasteiger partial charge in [0.1, 0.15) is 11.6 Å². The number of anilines is 1. The van der Waals surface area contributed by atoms with Gasteiger partial charge in [-0.2, -0.15) is 0 Å². The molecule has 1 aromatic carbocycles. The highest BCUT2D eigenvalue weighted by atomic mass is 16.5. The van der Waals surface area contributed by atoms with Crippen LogP contribution in [0.4, 0.5) is 5.82 Å². The van der Waals surface area contributed by atoms with Crippen molar-refractivity contribution in [2.75, 3.05) is 20.0 Å². The summed E-state index contributed by atoms with van der Waals surface area (Å²) in [6.45, 7) is 0. The van der Waals surface area contributed by atoms with Crippen molar-refractivity contribution in [1.29, 1.82) is 0 Å². The normalized spacial score (nSPS) is 9.89. The second-order valence-electron chi connectivity index (χ2n) is 3.51. The molecule has 1 heterocycles. The molecule has 1 aromatic heterocycles. The lowest BCUT2D eigenvalue weighted by atomic mass is 10.3. The minimum atomic E-state index is 0.390. The number of hydrogen-bond acceptors (Lipinski definition) is 5. The number of aromatic nitrogens is 1. The largest absolute Gasteiger partial charge is 0.493 e. The maximum Gasteiger partial charge on any atom is 0.210 e. The Morgan fingerprint density at radius 1 is 1.06 bits per heavy atom. The number of hydrogen-bond donors (Lipinski definition) is 1. The van der Waals surface area contributed by atoms with Crippen LogP contribution in [0.25, 0.3) is 0 Å². The van der Waals surface area contributed by atoms with Crippen LogP contribution < -0.4 is 19.9 Å². The topological polar surface area (TPSA) is 66.6 Å². The van der Waals surface area contributed by atoms with Crippen LogP contribution in [0.15, 0.2) is 36.5 Å². The van der Waals surface area contributed by atoms with Crippen LogP contribution >= 0.6 is 0 Å². The summed E-state index contributed by atoms with van der Waals surface area (Å²) in [6, 6.07) is 8.75. The molecule has 2 rings (SSSR count). The van der Waals surface area contributed by atoms with Gasteiger partial charge in [-0.15, -0.1) is 0 Å². The summed E-state index contributed by atoms with van der Waals surface area (Å²) in [7, 11) is 3.14. The molecule has 0 amide bonds. The molecule has 0 aliphatic heterocycles. The van der Waals surface area contributed by atoms with Gasteiger partial charge in [-0.3, -0.25) is 0 Å². The Morgan fingerprint density at radius 2 is 1.72 bits per heavy atom. The summed E-state index contributed by atoms with van der Waals surface area (Å²) in [5.41, 5.74) is 5.60. The van der Waals surface area contributed by atoms with Crippen molar-refractivity contribution < 1.29 is 14.2 Å². The number of rotatable bonds is 4. The predicted molar refractivity (Wildman–Crippen MR) is 68.3 cm³/mol. The summed E-state index contributed by atoms with van der Waals surface area (Å²) in [4.78, 5) is 3.90. The fourth-order valence-electron chi connectivity index (χ4n) is 1.53. The fraction of sp³-hybridized carbons (Fsp3) is 0.154. The van der Waals surface area contributed by atoms with Crippen molar-refractivity contribution in [3.8, 4) is 23.0 Å². The molecule has 0 saturated heterocycles. The molecule has 2 N–H and O–H groups in total. The van der Waals surface area contributed by atoms with E-state index >= 15 is 0 Å². The molecule has 5 nitrogen and oxygen atoms in total. The quantitative estimate of drug-likeness (QED) is 0.897. The average Bonchev–Trinajstić information content (AvgIpc) is 2.39. The SMILES string of the molecule is COc1cccc(OC)c1Oc1ccnc(N)c1. The molecule has 0 atom stereocenters. The zero-order valence-corrected chi connectivity index (χ0v) is 10.2. The first-order chi connectivity index (χ1) is 8.74. The first-order valence-corrected chi connectivity index (χ1v) is 5.35. The van der Waals surface area contributed by atoms with Gasteiger partial charge in [0, 0.05) is 12.3 Å². The maximum atomic E-state index is 5.73. The Bertz CT molecular complexity index is 521. The van der Waals surface area contributed by atoms with E-state index in [-0.39, 0.29) is 0 Å². The Morgan fingerprint density at radius 3 is 2.28 bits per heavy atom. The van der Waals surface area contributed by atoms with E-state index in [0.717, 1.165) is 0 Å². The van der Waals surface area contributed by atoms with Crippen LogP contribution in [0, 0.1) is 0 Å². The summed E-state index contributed by atoms with van der Waals surface area (Å²) in [5, 5.41) is 0. The number of methoxy groups -OCH3 is 2. The van der Waals surface area contributed by atoms with Crippen molar-refractivity contribution in [2.45, 2.75) is 0 Å². The van der Waals surface area contributed by atoms with Crippen LogP contribution in [0.3, 0.4) is 0 Å². The first kappa shape index (κ1) is 12.0. The molecule has 2 aromatic rings. The average molecular weight is 246 g/mol. The van der Waals surface area contributed by atoms with Crippen LogP contribution in [-0.4, -0.2) is 19.2 Å². The van der Waals surface area contributed by atoms with Gasteiger partial charge in [0.05, 0.1) is 14.2 Å². The van der Waals surface area contributed by atoms with Gasteiger partial charge < -0.3 is 19.9 Å². The van der Waals surface area contributed by atoms with Gasteiger partial charge in [0.2, 0.25) is 5.75 Å². The van der Waals surface area contributed by atoms with Crippen molar-refractivity contribution in [1.82, 2.24) is 4.98 Å². The molecule has 94 valence electrons. The Labute approximate surface area is 105 Å². The molecule has 0 unspecified atom stereocenters. The number of nitrogens with zero attached hydrogens (tertiary/aromatic N) is 1. The van der Waals surface area contributed by atoms with Crippen LogP contribution in [-0.2, 0) is 0 Å². The molecule has 0 bridgehead atoms. The maximum absolute atomic E-state index is 5.73. The molecule has 0 saturated carbocycles. The van der Waals surface area contributed by atoms with Gasteiger partial charge in [0.25, 0.3) is 0 Å². The lowest BCUT2D eigenvalue weighted by Gasteiger charge is -2.13. The lowest BCUT2D eigenvalue weighted by molar-refractivity contribution is 0.346. The smallest absolute Gasteiger partial charge is 0.210 e. The third-order valence-electron chi connectivity index (χ3n) is 2.36. The highest BCUT2D eigenvalue weighted by molar-refractivity contribution is 5.53. The van der Waals surface area contributed by atoms with Crippen LogP contribution in [0.5, 0.6) is 23.0 Å². The Balaban J connectivity index is 2.38. The Kier molecular flexibility index (Phi) is 3.52. The van der Waals surface area contributed by atoms with Crippen LogP contribution in [0.2, 0.25) is 0 Å². The van der Waals surface area contributed by atoms with E-state index in [1.54, 1.807) is 44.7 Å². The molecule has 0 aliphatic rings. The number of benzene rings is 1. The molecular weight excluding hydrogens is 232 g/mol. The minimum absolute atomic E-state index is 0.390.